The third-order valence-corrected chi connectivity index (χ3v) is 4.81. The summed E-state index contributed by atoms with van der Waals surface area (Å²) in [6.45, 7) is 7.45. The van der Waals surface area contributed by atoms with E-state index in [2.05, 4.69) is 4.90 Å². The molecule has 7 nitrogen and oxygen atoms in total. The molecule has 1 unspecified atom stereocenters. The van der Waals surface area contributed by atoms with Crippen molar-refractivity contribution in [3.8, 4) is 5.75 Å². The molecule has 1 atom stereocenters. The first-order valence-corrected chi connectivity index (χ1v) is 9.22. The number of carbonyl (C=O) groups excluding carboxylic acids is 2. The average Bonchev–Trinajstić information content (AvgIpc) is 2.69. The van der Waals surface area contributed by atoms with Crippen LogP contribution in [0.2, 0.25) is 0 Å². The van der Waals surface area contributed by atoms with Crippen LogP contribution in [0.3, 0.4) is 0 Å². The maximum atomic E-state index is 12.6. The highest BCUT2D eigenvalue weighted by Gasteiger charge is 2.28. The van der Waals surface area contributed by atoms with Crippen molar-refractivity contribution >= 4 is 11.8 Å². The number of hydrogen-bond donors (Lipinski definition) is 0. The summed E-state index contributed by atoms with van der Waals surface area (Å²) in [4.78, 5) is 30.8. The van der Waals surface area contributed by atoms with E-state index < -0.39 is 6.10 Å². The largest absolute Gasteiger partial charge is 0.481 e. The summed E-state index contributed by atoms with van der Waals surface area (Å²) >= 11 is 0. The Morgan fingerprint density at radius 3 is 2.27 bits per heavy atom. The van der Waals surface area contributed by atoms with E-state index >= 15 is 0 Å². The maximum absolute atomic E-state index is 12.6. The average molecular weight is 361 g/mol. The first kappa shape index (κ1) is 18.7. The molecule has 7 heteroatoms. The minimum absolute atomic E-state index is 0.0332. The van der Waals surface area contributed by atoms with Gasteiger partial charge in [0.1, 0.15) is 5.75 Å². The number of ether oxygens (including phenoxy) is 2. The minimum atomic E-state index is -0.534. The number of morpholine rings is 1. The van der Waals surface area contributed by atoms with Crippen molar-refractivity contribution in [1.29, 1.82) is 0 Å². The van der Waals surface area contributed by atoms with Crippen LogP contribution in [0.4, 0.5) is 0 Å². The second-order valence-electron chi connectivity index (χ2n) is 6.67. The Kier molecular flexibility index (Phi) is 6.46. The quantitative estimate of drug-likeness (QED) is 0.762. The molecule has 1 aromatic carbocycles. The normalized spacial score (nSPS) is 19.9. The molecule has 2 fully saturated rings. The Balaban J connectivity index is 1.43. The Bertz CT molecular complexity index is 596. The zero-order valence-corrected chi connectivity index (χ0v) is 15.3. The number of hydrogen-bond acceptors (Lipinski definition) is 5. The lowest BCUT2D eigenvalue weighted by Gasteiger charge is -2.37. The number of benzene rings is 1. The van der Waals surface area contributed by atoms with E-state index in [1.165, 1.54) is 0 Å². The first-order valence-electron chi connectivity index (χ1n) is 9.22. The van der Waals surface area contributed by atoms with Crippen molar-refractivity contribution in [3.63, 3.8) is 0 Å². The van der Waals surface area contributed by atoms with Gasteiger partial charge in [-0.25, -0.2) is 0 Å². The molecule has 1 aromatic rings. The van der Waals surface area contributed by atoms with Gasteiger partial charge < -0.3 is 19.3 Å². The van der Waals surface area contributed by atoms with E-state index in [0.29, 0.717) is 51.7 Å². The molecule has 142 valence electrons. The van der Waals surface area contributed by atoms with Crippen LogP contribution in [0, 0.1) is 0 Å². The van der Waals surface area contributed by atoms with Gasteiger partial charge in [0.05, 0.1) is 19.8 Å². The molecule has 2 aliphatic heterocycles. The number of para-hydroxylation sites is 1. The van der Waals surface area contributed by atoms with Gasteiger partial charge in [0.2, 0.25) is 5.91 Å². The van der Waals surface area contributed by atoms with Crippen molar-refractivity contribution in [3.05, 3.63) is 30.3 Å². The van der Waals surface area contributed by atoms with E-state index in [4.69, 9.17) is 9.47 Å². The summed E-state index contributed by atoms with van der Waals surface area (Å²) in [6.07, 6.45) is -0.534. The Morgan fingerprint density at radius 2 is 1.62 bits per heavy atom. The van der Waals surface area contributed by atoms with Crippen LogP contribution >= 0.6 is 0 Å². The SMILES string of the molecule is CC(Oc1ccccc1)C(=O)N1CCN(C(=O)CN2CCOCC2)CC1. The summed E-state index contributed by atoms with van der Waals surface area (Å²) in [5, 5.41) is 0. The van der Waals surface area contributed by atoms with Crippen LogP contribution in [-0.4, -0.2) is 91.6 Å². The molecule has 0 aromatic heterocycles. The predicted molar refractivity (Wildman–Crippen MR) is 97.0 cm³/mol. The number of piperazine rings is 1. The fraction of sp³-hybridized carbons (Fsp3) is 0.579. The lowest BCUT2D eigenvalue weighted by molar-refractivity contribution is -0.144. The summed E-state index contributed by atoms with van der Waals surface area (Å²) in [7, 11) is 0. The van der Waals surface area contributed by atoms with Crippen LogP contribution in [0.1, 0.15) is 6.92 Å². The molecule has 0 bridgehead atoms. The molecule has 0 saturated carbocycles. The number of carbonyl (C=O) groups is 2. The lowest BCUT2D eigenvalue weighted by Crippen LogP contribution is -2.55. The van der Waals surface area contributed by atoms with Crippen LogP contribution < -0.4 is 4.74 Å². The molecule has 0 spiro atoms. The van der Waals surface area contributed by atoms with Gasteiger partial charge in [-0.1, -0.05) is 18.2 Å². The van der Waals surface area contributed by atoms with Gasteiger partial charge in [0, 0.05) is 39.3 Å². The molecule has 2 aliphatic rings. The summed E-state index contributed by atoms with van der Waals surface area (Å²) in [5.41, 5.74) is 0. The molecule has 2 heterocycles. The lowest BCUT2D eigenvalue weighted by atomic mass is 10.2. The van der Waals surface area contributed by atoms with E-state index in [-0.39, 0.29) is 11.8 Å². The van der Waals surface area contributed by atoms with Crippen LogP contribution in [-0.2, 0) is 14.3 Å². The van der Waals surface area contributed by atoms with Crippen LogP contribution in [0.15, 0.2) is 30.3 Å². The van der Waals surface area contributed by atoms with Crippen molar-refractivity contribution in [2.75, 3.05) is 59.0 Å². The Labute approximate surface area is 154 Å². The molecular formula is C19H27N3O4. The highest BCUT2D eigenvalue weighted by atomic mass is 16.5. The zero-order chi connectivity index (χ0) is 18.4. The first-order chi connectivity index (χ1) is 12.6. The highest BCUT2D eigenvalue weighted by molar-refractivity contribution is 5.82. The highest BCUT2D eigenvalue weighted by Crippen LogP contribution is 2.13. The van der Waals surface area contributed by atoms with E-state index in [9.17, 15) is 9.59 Å². The van der Waals surface area contributed by atoms with Crippen LogP contribution in [0.25, 0.3) is 0 Å². The number of amides is 2. The predicted octanol–water partition coefficient (Wildman–Crippen LogP) is 0.457. The Morgan fingerprint density at radius 1 is 1.00 bits per heavy atom. The van der Waals surface area contributed by atoms with E-state index in [0.717, 1.165) is 13.1 Å². The van der Waals surface area contributed by atoms with Gasteiger partial charge in [-0.2, -0.15) is 0 Å². The standard InChI is InChI=1S/C19H27N3O4/c1-16(26-17-5-3-2-4-6-17)19(24)22-9-7-21(8-10-22)18(23)15-20-11-13-25-14-12-20/h2-6,16H,7-15H2,1H3. The summed E-state index contributed by atoms with van der Waals surface area (Å²) in [6, 6.07) is 9.35. The minimum Gasteiger partial charge on any atom is -0.481 e. The molecular weight excluding hydrogens is 334 g/mol. The molecule has 26 heavy (non-hydrogen) atoms. The molecule has 0 N–H and O–H groups in total. The maximum Gasteiger partial charge on any atom is 0.263 e. The number of rotatable bonds is 5. The number of nitrogens with zero attached hydrogens (tertiary/aromatic N) is 3. The summed E-state index contributed by atoms with van der Waals surface area (Å²) in [5.74, 6) is 0.786. The van der Waals surface area contributed by atoms with Crippen molar-refractivity contribution in [1.82, 2.24) is 14.7 Å². The fourth-order valence-corrected chi connectivity index (χ4v) is 3.24. The monoisotopic (exact) mass is 361 g/mol. The fourth-order valence-electron chi connectivity index (χ4n) is 3.24. The van der Waals surface area contributed by atoms with Crippen molar-refractivity contribution < 1.29 is 19.1 Å². The smallest absolute Gasteiger partial charge is 0.263 e. The van der Waals surface area contributed by atoms with Gasteiger partial charge in [-0.15, -0.1) is 0 Å². The van der Waals surface area contributed by atoms with Gasteiger partial charge in [-0.05, 0) is 19.1 Å². The molecule has 0 radical (unpaired) electrons. The Hall–Kier alpha value is -2.12. The molecule has 2 saturated heterocycles. The molecule has 2 amide bonds. The van der Waals surface area contributed by atoms with Gasteiger partial charge in [0.25, 0.3) is 5.91 Å². The van der Waals surface area contributed by atoms with E-state index in [1.807, 2.05) is 35.2 Å². The van der Waals surface area contributed by atoms with Gasteiger partial charge >= 0.3 is 0 Å². The molecule has 0 aliphatic carbocycles. The molecule has 3 rings (SSSR count). The third kappa shape index (κ3) is 4.95. The van der Waals surface area contributed by atoms with Gasteiger partial charge in [-0.3, -0.25) is 14.5 Å². The zero-order valence-electron chi connectivity index (χ0n) is 15.3. The van der Waals surface area contributed by atoms with Crippen molar-refractivity contribution in [2.24, 2.45) is 0 Å². The van der Waals surface area contributed by atoms with Crippen molar-refractivity contribution in [2.45, 2.75) is 13.0 Å². The topological polar surface area (TPSA) is 62.3 Å². The van der Waals surface area contributed by atoms with Gasteiger partial charge in [0.15, 0.2) is 6.10 Å². The van der Waals surface area contributed by atoms with E-state index in [1.54, 1.807) is 11.8 Å². The third-order valence-electron chi connectivity index (χ3n) is 4.81. The summed E-state index contributed by atoms with van der Waals surface area (Å²) < 4.78 is 11.0. The van der Waals surface area contributed by atoms with Crippen LogP contribution in [0.5, 0.6) is 5.75 Å². The second-order valence-corrected chi connectivity index (χ2v) is 6.67. The second kappa shape index (κ2) is 9.00.